The number of hydrogen-bond donors (Lipinski definition) is 3. The normalized spacial score (nSPS) is 11.8. The van der Waals surface area contributed by atoms with Gasteiger partial charge in [-0.15, -0.1) is 0 Å². The van der Waals surface area contributed by atoms with Crippen LogP contribution >= 0.6 is 0 Å². The van der Waals surface area contributed by atoms with Gasteiger partial charge in [-0.25, -0.2) is 4.98 Å². The van der Waals surface area contributed by atoms with Crippen LogP contribution in [0, 0.1) is 0 Å². The van der Waals surface area contributed by atoms with E-state index in [4.69, 9.17) is 0 Å². The second-order valence-corrected chi connectivity index (χ2v) is 5.99. The van der Waals surface area contributed by atoms with Gasteiger partial charge in [0.25, 0.3) is 0 Å². The molecule has 4 heteroatoms. The maximum atomic E-state index is 9.53. The third-order valence-electron chi connectivity index (χ3n) is 4.41. The van der Waals surface area contributed by atoms with Gasteiger partial charge < -0.3 is 15.2 Å². The number of nitrogens with one attached hydrogen (secondary N) is 1. The Morgan fingerprint density at radius 3 is 2.50 bits per heavy atom. The number of hydrogen-bond acceptors (Lipinski definition) is 3. The van der Waals surface area contributed by atoms with Crippen molar-refractivity contribution in [3.05, 3.63) is 53.3 Å². The number of aromatic hydroxyl groups is 2. The molecule has 3 rings (SSSR count). The third kappa shape index (κ3) is 3.27. The maximum absolute atomic E-state index is 9.53. The number of phenols is 2. The van der Waals surface area contributed by atoms with Gasteiger partial charge in [0.1, 0.15) is 5.82 Å². The summed E-state index contributed by atoms with van der Waals surface area (Å²) in [7, 11) is 0. The van der Waals surface area contributed by atoms with Crippen molar-refractivity contribution >= 4 is 23.2 Å². The fourth-order valence-electron chi connectivity index (χ4n) is 2.96. The summed E-state index contributed by atoms with van der Waals surface area (Å²) in [4.78, 5) is 7.89. The molecule has 4 nitrogen and oxygen atoms in total. The maximum Gasteiger partial charge on any atom is 0.157 e. The zero-order chi connectivity index (χ0) is 17.1. The van der Waals surface area contributed by atoms with Crippen LogP contribution < -0.4 is 0 Å². The van der Waals surface area contributed by atoms with E-state index in [9.17, 15) is 10.2 Å². The van der Waals surface area contributed by atoms with E-state index in [0.29, 0.717) is 5.92 Å². The molecule has 1 heterocycles. The van der Waals surface area contributed by atoms with Crippen LogP contribution in [0.5, 0.6) is 11.5 Å². The van der Waals surface area contributed by atoms with Gasteiger partial charge in [-0.2, -0.15) is 0 Å². The first-order chi connectivity index (χ1) is 11.6. The van der Waals surface area contributed by atoms with E-state index in [1.54, 1.807) is 6.07 Å². The molecule has 0 aliphatic rings. The first-order valence-corrected chi connectivity index (χ1v) is 8.30. The van der Waals surface area contributed by atoms with E-state index in [0.717, 1.165) is 35.3 Å². The fourth-order valence-corrected chi connectivity index (χ4v) is 2.96. The van der Waals surface area contributed by atoms with Crippen molar-refractivity contribution < 1.29 is 10.2 Å². The molecule has 0 unspecified atom stereocenters. The topological polar surface area (TPSA) is 69.1 Å². The number of phenolic OH excluding ortho intramolecular Hbond substituents is 2. The third-order valence-corrected chi connectivity index (χ3v) is 4.41. The van der Waals surface area contributed by atoms with Crippen molar-refractivity contribution in [2.75, 3.05) is 0 Å². The lowest BCUT2D eigenvalue weighted by molar-refractivity contribution is 0.403. The molecule has 0 saturated carbocycles. The molecule has 0 fully saturated rings. The van der Waals surface area contributed by atoms with Crippen molar-refractivity contribution in [1.29, 1.82) is 0 Å². The zero-order valence-corrected chi connectivity index (χ0v) is 14.0. The number of nitrogens with zero attached hydrogens (tertiary/aromatic N) is 1. The molecular formula is C20H22N2O2. The van der Waals surface area contributed by atoms with Gasteiger partial charge >= 0.3 is 0 Å². The second kappa shape index (κ2) is 6.79. The number of fused-ring (bicyclic) bond motifs is 1. The summed E-state index contributed by atoms with van der Waals surface area (Å²) >= 11 is 0. The molecule has 0 amide bonds. The number of imidazole rings is 1. The molecule has 0 aliphatic carbocycles. The van der Waals surface area contributed by atoms with E-state index in [1.165, 1.54) is 17.7 Å². The summed E-state index contributed by atoms with van der Waals surface area (Å²) < 4.78 is 0. The molecule has 0 radical (unpaired) electrons. The first-order valence-electron chi connectivity index (χ1n) is 8.30. The summed E-state index contributed by atoms with van der Waals surface area (Å²) in [6.45, 7) is 4.43. The predicted octanol–water partition coefficient (Wildman–Crippen LogP) is 5.05. The molecule has 2 aromatic carbocycles. The Labute approximate surface area is 141 Å². The Morgan fingerprint density at radius 1 is 1.00 bits per heavy atom. The van der Waals surface area contributed by atoms with Crippen LogP contribution in [0.1, 0.15) is 49.6 Å². The van der Waals surface area contributed by atoms with Gasteiger partial charge in [-0.3, -0.25) is 0 Å². The van der Waals surface area contributed by atoms with Crippen molar-refractivity contribution in [1.82, 2.24) is 9.97 Å². The van der Waals surface area contributed by atoms with Crippen molar-refractivity contribution in [2.45, 2.75) is 32.6 Å². The van der Waals surface area contributed by atoms with Gasteiger partial charge in [0, 0.05) is 0 Å². The minimum Gasteiger partial charge on any atom is -0.504 e. The lowest BCUT2D eigenvalue weighted by Crippen LogP contribution is -1.94. The average Bonchev–Trinajstić information content (AvgIpc) is 2.99. The quantitative estimate of drug-likeness (QED) is 0.576. The monoisotopic (exact) mass is 322 g/mol. The highest BCUT2D eigenvalue weighted by molar-refractivity contribution is 5.79. The highest BCUT2D eigenvalue weighted by atomic mass is 16.3. The standard InChI is InChI=1S/C20H22N2O2/c1-3-14(4-2)15-7-8-16-17(12-15)22-20(21-16)10-6-13-5-9-18(23)19(24)11-13/h5-12,14,23-24H,3-4H2,1-2H3,(H,21,22). The molecule has 0 bridgehead atoms. The molecule has 3 aromatic rings. The summed E-state index contributed by atoms with van der Waals surface area (Å²) in [6.07, 6.45) is 5.97. The smallest absolute Gasteiger partial charge is 0.157 e. The molecule has 0 aliphatic heterocycles. The van der Waals surface area contributed by atoms with Crippen LogP contribution in [0.2, 0.25) is 0 Å². The Bertz CT molecular complexity index is 876. The van der Waals surface area contributed by atoms with Gasteiger partial charge in [-0.05, 0) is 60.2 Å². The number of rotatable bonds is 5. The van der Waals surface area contributed by atoms with Crippen molar-refractivity contribution in [3.63, 3.8) is 0 Å². The van der Waals surface area contributed by atoms with Crippen LogP contribution in [-0.2, 0) is 0 Å². The predicted molar refractivity (Wildman–Crippen MR) is 98.1 cm³/mol. The molecule has 0 saturated heterocycles. The average molecular weight is 322 g/mol. The zero-order valence-electron chi connectivity index (χ0n) is 14.0. The lowest BCUT2D eigenvalue weighted by Gasteiger charge is -2.12. The van der Waals surface area contributed by atoms with Crippen LogP contribution in [0.4, 0.5) is 0 Å². The van der Waals surface area contributed by atoms with Crippen LogP contribution in [0.3, 0.4) is 0 Å². The molecule has 1 aromatic heterocycles. The van der Waals surface area contributed by atoms with E-state index >= 15 is 0 Å². The Kier molecular flexibility index (Phi) is 4.56. The number of benzene rings is 2. The summed E-state index contributed by atoms with van der Waals surface area (Å²) in [5, 5.41) is 18.9. The van der Waals surface area contributed by atoms with E-state index in [2.05, 4.69) is 42.0 Å². The van der Waals surface area contributed by atoms with Crippen LogP contribution in [-0.4, -0.2) is 20.2 Å². The summed E-state index contributed by atoms with van der Waals surface area (Å²) in [6, 6.07) is 11.1. The number of H-pyrrole nitrogens is 1. The van der Waals surface area contributed by atoms with E-state index in [-0.39, 0.29) is 11.5 Å². The Balaban J connectivity index is 1.87. The first kappa shape index (κ1) is 16.1. The molecule has 0 atom stereocenters. The van der Waals surface area contributed by atoms with Gasteiger partial charge in [0.05, 0.1) is 11.0 Å². The lowest BCUT2D eigenvalue weighted by atomic mass is 9.94. The molecular weight excluding hydrogens is 300 g/mol. The summed E-state index contributed by atoms with van der Waals surface area (Å²) in [5.74, 6) is 1.09. The summed E-state index contributed by atoms with van der Waals surface area (Å²) in [5.41, 5.74) is 4.11. The van der Waals surface area contributed by atoms with Crippen LogP contribution in [0.25, 0.3) is 23.2 Å². The van der Waals surface area contributed by atoms with Crippen LogP contribution in [0.15, 0.2) is 36.4 Å². The highest BCUT2D eigenvalue weighted by Gasteiger charge is 2.09. The number of aromatic amines is 1. The largest absolute Gasteiger partial charge is 0.504 e. The fraction of sp³-hybridized carbons (Fsp3) is 0.250. The number of aromatic nitrogens is 2. The van der Waals surface area contributed by atoms with Crippen molar-refractivity contribution in [3.8, 4) is 11.5 Å². The van der Waals surface area contributed by atoms with Gasteiger partial charge in [0.2, 0.25) is 0 Å². The Hall–Kier alpha value is -2.75. The molecule has 24 heavy (non-hydrogen) atoms. The molecule has 3 N–H and O–H groups in total. The van der Waals surface area contributed by atoms with Crippen molar-refractivity contribution in [2.24, 2.45) is 0 Å². The Morgan fingerprint density at radius 2 is 1.79 bits per heavy atom. The molecule has 0 spiro atoms. The SMILES string of the molecule is CCC(CC)c1ccc2nc(C=Cc3ccc(O)c(O)c3)[nH]c2c1. The van der Waals surface area contributed by atoms with E-state index < -0.39 is 0 Å². The van der Waals surface area contributed by atoms with Gasteiger partial charge in [-0.1, -0.05) is 32.1 Å². The van der Waals surface area contributed by atoms with Gasteiger partial charge in [0.15, 0.2) is 11.5 Å². The highest BCUT2D eigenvalue weighted by Crippen LogP contribution is 2.27. The molecule has 124 valence electrons. The van der Waals surface area contributed by atoms with E-state index in [1.807, 2.05) is 12.2 Å². The minimum absolute atomic E-state index is 0.121. The second-order valence-electron chi connectivity index (χ2n) is 5.99. The minimum atomic E-state index is -0.128.